The summed E-state index contributed by atoms with van der Waals surface area (Å²) in [5.41, 5.74) is 0.898. The number of rotatable bonds is 3. The zero-order valence-corrected chi connectivity index (χ0v) is 16.0. The highest BCUT2D eigenvalue weighted by Crippen LogP contribution is 2.29. The fourth-order valence-electron chi connectivity index (χ4n) is 3.86. The maximum absolute atomic E-state index is 12.5. The van der Waals surface area contributed by atoms with Crippen molar-refractivity contribution in [2.24, 2.45) is 5.92 Å². The second-order valence-electron chi connectivity index (χ2n) is 7.11. The Hall–Kier alpha value is -1.89. The molecule has 2 aromatic rings. The van der Waals surface area contributed by atoms with Gasteiger partial charge in [0.25, 0.3) is 0 Å². The van der Waals surface area contributed by atoms with Crippen LogP contribution in [0.2, 0.25) is 0 Å². The third kappa shape index (κ3) is 3.77. The summed E-state index contributed by atoms with van der Waals surface area (Å²) in [7, 11) is 0. The van der Waals surface area contributed by atoms with E-state index in [0.29, 0.717) is 18.2 Å². The number of aromatic nitrogens is 3. The van der Waals surface area contributed by atoms with Crippen LogP contribution in [0.5, 0.6) is 0 Å². The molecular weight excluding hydrogens is 346 g/mol. The molecule has 0 atom stereocenters. The lowest BCUT2D eigenvalue weighted by atomic mass is 9.92. The van der Waals surface area contributed by atoms with Crippen LogP contribution in [0.15, 0.2) is 18.5 Å². The third-order valence-corrected chi connectivity index (χ3v) is 6.27. The molecule has 0 unspecified atom stereocenters. The fraction of sp³-hybridized carbons (Fsp3) is 0.579. The molecular formula is C19H25N5OS. The van der Waals surface area contributed by atoms with E-state index >= 15 is 0 Å². The molecule has 0 spiro atoms. The van der Waals surface area contributed by atoms with Gasteiger partial charge in [0, 0.05) is 55.7 Å². The lowest BCUT2D eigenvalue weighted by Crippen LogP contribution is -2.40. The van der Waals surface area contributed by atoms with Gasteiger partial charge < -0.3 is 9.80 Å². The summed E-state index contributed by atoms with van der Waals surface area (Å²) in [6, 6.07) is 1.99. The monoisotopic (exact) mass is 371 g/mol. The molecule has 0 radical (unpaired) electrons. The van der Waals surface area contributed by atoms with Gasteiger partial charge in [-0.2, -0.15) is 11.8 Å². The summed E-state index contributed by atoms with van der Waals surface area (Å²) in [5, 5.41) is 1.06. The van der Waals surface area contributed by atoms with Crippen LogP contribution in [0.25, 0.3) is 10.9 Å². The van der Waals surface area contributed by atoms with Crippen LogP contribution >= 0.6 is 11.8 Å². The van der Waals surface area contributed by atoms with Crippen molar-refractivity contribution in [2.75, 3.05) is 42.6 Å². The van der Waals surface area contributed by atoms with Crippen molar-refractivity contribution in [3.05, 3.63) is 24.3 Å². The number of hydrogen-bond donors (Lipinski definition) is 0. The summed E-state index contributed by atoms with van der Waals surface area (Å²) in [4.78, 5) is 30.3. The SMILES string of the molecule is Cc1nc(N2CCC(CC(=O)N3CCSCC3)CC2)c2ccncc2n1. The molecule has 0 saturated carbocycles. The number of anilines is 1. The van der Waals surface area contributed by atoms with Crippen LogP contribution in [0.4, 0.5) is 5.82 Å². The average Bonchev–Trinajstić information content (AvgIpc) is 2.68. The minimum absolute atomic E-state index is 0.346. The molecule has 7 heteroatoms. The Balaban J connectivity index is 1.40. The van der Waals surface area contributed by atoms with E-state index in [0.717, 1.165) is 73.1 Å². The third-order valence-electron chi connectivity index (χ3n) is 5.33. The van der Waals surface area contributed by atoms with Crippen molar-refractivity contribution in [1.82, 2.24) is 19.9 Å². The van der Waals surface area contributed by atoms with Crippen molar-refractivity contribution in [3.63, 3.8) is 0 Å². The van der Waals surface area contributed by atoms with Crippen molar-refractivity contribution < 1.29 is 4.79 Å². The fourth-order valence-corrected chi connectivity index (χ4v) is 4.76. The summed E-state index contributed by atoms with van der Waals surface area (Å²) in [6.45, 7) is 5.66. The average molecular weight is 372 g/mol. The zero-order valence-electron chi connectivity index (χ0n) is 15.2. The van der Waals surface area contributed by atoms with Crippen LogP contribution in [0.3, 0.4) is 0 Å². The largest absolute Gasteiger partial charge is 0.356 e. The Kier molecular flexibility index (Phi) is 5.24. The van der Waals surface area contributed by atoms with Crippen LogP contribution in [-0.4, -0.2) is 63.4 Å². The highest BCUT2D eigenvalue weighted by molar-refractivity contribution is 7.99. The topological polar surface area (TPSA) is 62.2 Å². The number of fused-ring (bicyclic) bond motifs is 1. The smallest absolute Gasteiger partial charge is 0.222 e. The van der Waals surface area contributed by atoms with E-state index in [-0.39, 0.29) is 0 Å². The van der Waals surface area contributed by atoms with Gasteiger partial charge in [0.2, 0.25) is 5.91 Å². The van der Waals surface area contributed by atoms with Crippen LogP contribution in [0, 0.1) is 12.8 Å². The first-order valence-electron chi connectivity index (χ1n) is 9.39. The molecule has 2 aromatic heterocycles. The van der Waals surface area contributed by atoms with Crippen LogP contribution in [-0.2, 0) is 4.79 Å². The maximum Gasteiger partial charge on any atom is 0.222 e. The van der Waals surface area contributed by atoms with Gasteiger partial charge in [0.1, 0.15) is 11.6 Å². The van der Waals surface area contributed by atoms with Gasteiger partial charge in [-0.1, -0.05) is 0 Å². The number of carbonyl (C=O) groups excluding carboxylic acids is 1. The summed E-state index contributed by atoms with van der Waals surface area (Å²) < 4.78 is 0. The molecule has 6 nitrogen and oxygen atoms in total. The van der Waals surface area contributed by atoms with Gasteiger partial charge in [-0.15, -0.1) is 0 Å². The lowest BCUT2D eigenvalue weighted by molar-refractivity contribution is -0.132. The Morgan fingerprint density at radius 1 is 1.19 bits per heavy atom. The van der Waals surface area contributed by atoms with Gasteiger partial charge in [0.05, 0.1) is 11.7 Å². The minimum atomic E-state index is 0.346. The summed E-state index contributed by atoms with van der Waals surface area (Å²) in [5.74, 6) is 4.79. The summed E-state index contributed by atoms with van der Waals surface area (Å²) in [6.07, 6.45) is 6.39. The Morgan fingerprint density at radius 3 is 2.73 bits per heavy atom. The van der Waals surface area contributed by atoms with E-state index in [9.17, 15) is 4.79 Å². The molecule has 26 heavy (non-hydrogen) atoms. The van der Waals surface area contributed by atoms with E-state index in [1.54, 1.807) is 12.4 Å². The van der Waals surface area contributed by atoms with Crippen molar-refractivity contribution in [1.29, 1.82) is 0 Å². The second kappa shape index (κ2) is 7.78. The molecule has 0 aliphatic carbocycles. The molecule has 0 N–H and O–H groups in total. The second-order valence-corrected chi connectivity index (χ2v) is 8.34. The number of nitrogens with zero attached hydrogens (tertiary/aromatic N) is 5. The number of carbonyl (C=O) groups is 1. The van der Waals surface area contributed by atoms with Gasteiger partial charge in [-0.05, 0) is 31.7 Å². The molecule has 2 saturated heterocycles. The predicted molar refractivity (Wildman–Crippen MR) is 106 cm³/mol. The van der Waals surface area contributed by atoms with E-state index in [4.69, 9.17) is 4.98 Å². The maximum atomic E-state index is 12.5. The highest BCUT2D eigenvalue weighted by atomic mass is 32.2. The number of hydrogen-bond acceptors (Lipinski definition) is 6. The first-order valence-corrected chi connectivity index (χ1v) is 10.5. The van der Waals surface area contributed by atoms with E-state index in [1.165, 1.54) is 0 Å². The van der Waals surface area contributed by atoms with Gasteiger partial charge in [0.15, 0.2) is 0 Å². The minimum Gasteiger partial charge on any atom is -0.356 e. The zero-order chi connectivity index (χ0) is 17.9. The van der Waals surface area contributed by atoms with Crippen LogP contribution in [0.1, 0.15) is 25.1 Å². The number of thioether (sulfide) groups is 1. The number of piperidine rings is 1. The standard InChI is InChI=1S/C19H25N5OS/c1-14-21-17-13-20-5-2-16(17)19(22-14)24-6-3-15(4-7-24)12-18(25)23-8-10-26-11-9-23/h2,5,13,15H,3-4,6-12H2,1H3. The predicted octanol–water partition coefficient (Wildman–Crippen LogP) is 2.52. The first kappa shape index (κ1) is 17.5. The molecule has 4 rings (SSSR count). The Labute approximate surface area is 158 Å². The van der Waals surface area contributed by atoms with E-state index in [1.807, 2.05) is 24.8 Å². The normalized spacial score (nSPS) is 19.1. The van der Waals surface area contributed by atoms with Gasteiger partial charge >= 0.3 is 0 Å². The van der Waals surface area contributed by atoms with Crippen LogP contribution < -0.4 is 4.90 Å². The van der Waals surface area contributed by atoms with E-state index in [2.05, 4.69) is 19.8 Å². The van der Waals surface area contributed by atoms with Crippen molar-refractivity contribution >= 4 is 34.4 Å². The molecule has 2 aliphatic heterocycles. The molecule has 138 valence electrons. The first-order chi connectivity index (χ1) is 12.7. The molecule has 0 aromatic carbocycles. The Bertz CT molecular complexity index is 785. The number of aryl methyl sites for hydroxylation is 1. The highest BCUT2D eigenvalue weighted by Gasteiger charge is 2.26. The lowest BCUT2D eigenvalue weighted by Gasteiger charge is -2.34. The van der Waals surface area contributed by atoms with Crippen molar-refractivity contribution in [3.8, 4) is 0 Å². The van der Waals surface area contributed by atoms with E-state index < -0.39 is 0 Å². The molecule has 0 bridgehead atoms. The molecule has 4 heterocycles. The van der Waals surface area contributed by atoms with Gasteiger partial charge in [-0.25, -0.2) is 9.97 Å². The van der Waals surface area contributed by atoms with Gasteiger partial charge in [-0.3, -0.25) is 9.78 Å². The Morgan fingerprint density at radius 2 is 1.96 bits per heavy atom. The summed E-state index contributed by atoms with van der Waals surface area (Å²) >= 11 is 1.94. The van der Waals surface area contributed by atoms with Crippen molar-refractivity contribution in [2.45, 2.75) is 26.2 Å². The number of amides is 1. The molecule has 2 fully saturated rings. The quantitative estimate of drug-likeness (QED) is 0.826. The molecule has 2 aliphatic rings. The molecule has 1 amide bonds. The number of pyridine rings is 1.